The summed E-state index contributed by atoms with van der Waals surface area (Å²) < 4.78 is 13.8. The van der Waals surface area contributed by atoms with Crippen LogP contribution in [0.4, 0.5) is 4.39 Å². The number of halogens is 1. The second kappa shape index (κ2) is 5.95. The summed E-state index contributed by atoms with van der Waals surface area (Å²) in [5.74, 6) is -0.385. The summed E-state index contributed by atoms with van der Waals surface area (Å²) in [6, 6.07) is 6.41. The van der Waals surface area contributed by atoms with Crippen LogP contribution in [0.1, 0.15) is 25.0 Å². The number of nitrogens with zero attached hydrogens (tertiary/aromatic N) is 1. The molecule has 2 aromatic rings. The van der Waals surface area contributed by atoms with Gasteiger partial charge in [0.05, 0.1) is 5.52 Å². The van der Waals surface area contributed by atoms with Crippen LogP contribution in [0.15, 0.2) is 29.1 Å². The molecular formula is C16H20FN3O. The largest absolute Gasteiger partial charge is 0.355 e. The van der Waals surface area contributed by atoms with Gasteiger partial charge in [0.2, 0.25) is 0 Å². The number of para-hydroxylation sites is 1. The van der Waals surface area contributed by atoms with Crippen molar-refractivity contribution in [2.75, 3.05) is 13.1 Å². The molecule has 5 heteroatoms. The van der Waals surface area contributed by atoms with Crippen LogP contribution in [0.25, 0.3) is 10.9 Å². The van der Waals surface area contributed by atoms with E-state index in [4.69, 9.17) is 5.73 Å². The van der Waals surface area contributed by atoms with E-state index in [1.807, 2.05) is 0 Å². The van der Waals surface area contributed by atoms with Crippen LogP contribution in [-0.4, -0.2) is 29.0 Å². The van der Waals surface area contributed by atoms with Crippen molar-refractivity contribution in [1.29, 1.82) is 0 Å². The van der Waals surface area contributed by atoms with Gasteiger partial charge in [-0.15, -0.1) is 0 Å². The average Bonchev–Trinajstić information content (AvgIpc) is 2.65. The Labute approximate surface area is 122 Å². The molecule has 0 saturated carbocycles. The Morgan fingerprint density at radius 1 is 1.33 bits per heavy atom. The smallest absolute Gasteiger partial charge is 0.189 e. The first kappa shape index (κ1) is 14.2. The molecule has 0 spiro atoms. The first-order chi connectivity index (χ1) is 10.1. The molecule has 1 aromatic heterocycles. The quantitative estimate of drug-likeness (QED) is 0.888. The maximum absolute atomic E-state index is 13.8. The van der Waals surface area contributed by atoms with Gasteiger partial charge in [0.25, 0.3) is 0 Å². The molecule has 2 heterocycles. The zero-order valence-corrected chi connectivity index (χ0v) is 11.9. The molecule has 1 saturated heterocycles. The van der Waals surface area contributed by atoms with Gasteiger partial charge < -0.3 is 10.7 Å². The molecule has 4 nitrogen and oxygen atoms in total. The standard InChI is InChI=1S/C16H20FN3O/c17-14-5-1-4-13-15(21)9-12(19-16(13)14)10-20-7-2-3-11(18)6-8-20/h1,4-5,9,11H,2-3,6-8,10,18H2,(H,19,21)/t11-/m1/s1. The van der Waals surface area contributed by atoms with Crippen LogP contribution in [-0.2, 0) is 6.54 Å². The van der Waals surface area contributed by atoms with Crippen LogP contribution in [0.2, 0.25) is 0 Å². The molecule has 3 rings (SSSR count). The second-order valence-electron chi connectivity index (χ2n) is 5.79. The van der Waals surface area contributed by atoms with Gasteiger partial charge >= 0.3 is 0 Å². The van der Waals surface area contributed by atoms with E-state index in [-0.39, 0.29) is 17.3 Å². The minimum absolute atomic E-state index is 0.134. The van der Waals surface area contributed by atoms with Gasteiger partial charge in [0, 0.05) is 36.3 Å². The number of H-pyrrole nitrogens is 1. The summed E-state index contributed by atoms with van der Waals surface area (Å²) in [7, 11) is 0. The number of nitrogens with two attached hydrogens (primary N) is 1. The Bertz CT molecular complexity index is 697. The van der Waals surface area contributed by atoms with Gasteiger partial charge in [-0.05, 0) is 37.9 Å². The summed E-state index contributed by atoms with van der Waals surface area (Å²) in [6.07, 6.45) is 3.07. The maximum atomic E-state index is 13.8. The van der Waals surface area contributed by atoms with Crippen LogP contribution in [0, 0.1) is 5.82 Å². The number of hydrogen-bond acceptors (Lipinski definition) is 3. The van der Waals surface area contributed by atoms with Crippen molar-refractivity contribution in [1.82, 2.24) is 9.88 Å². The lowest BCUT2D eigenvalue weighted by molar-refractivity contribution is 0.272. The van der Waals surface area contributed by atoms with Crippen molar-refractivity contribution in [3.63, 3.8) is 0 Å². The number of hydrogen-bond donors (Lipinski definition) is 2. The molecule has 0 radical (unpaired) electrons. The average molecular weight is 289 g/mol. The Balaban J connectivity index is 1.87. The number of aromatic nitrogens is 1. The zero-order chi connectivity index (χ0) is 14.8. The van der Waals surface area contributed by atoms with E-state index in [0.717, 1.165) is 38.0 Å². The van der Waals surface area contributed by atoms with Crippen molar-refractivity contribution in [3.05, 3.63) is 46.0 Å². The number of benzene rings is 1. The number of aromatic amines is 1. The Kier molecular flexibility index (Phi) is 4.03. The molecule has 0 bridgehead atoms. The van der Waals surface area contributed by atoms with E-state index in [2.05, 4.69) is 9.88 Å². The molecule has 1 fully saturated rings. The molecule has 0 unspecified atom stereocenters. The molecule has 21 heavy (non-hydrogen) atoms. The minimum atomic E-state index is -0.385. The van der Waals surface area contributed by atoms with E-state index in [9.17, 15) is 9.18 Å². The van der Waals surface area contributed by atoms with E-state index in [1.165, 1.54) is 6.07 Å². The number of pyridine rings is 1. The van der Waals surface area contributed by atoms with Gasteiger partial charge in [-0.25, -0.2) is 4.39 Å². The first-order valence-electron chi connectivity index (χ1n) is 7.42. The van der Waals surface area contributed by atoms with Crippen LogP contribution in [0.3, 0.4) is 0 Å². The predicted octanol–water partition coefficient (Wildman–Crippen LogP) is 1.98. The molecule has 3 N–H and O–H groups in total. The van der Waals surface area contributed by atoms with E-state index < -0.39 is 0 Å². The summed E-state index contributed by atoms with van der Waals surface area (Å²) >= 11 is 0. The monoisotopic (exact) mass is 289 g/mol. The third kappa shape index (κ3) is 3.14. The Morgan fingerprint density at radius 3 is 3.05 bits per heavy atom. The summed E-state index contributed by atoms with van der Waals surface area (Å²) in [4.78, 5) is 17.4. The van der Waals surface area contributed by atoms with Crippen molar-refractivity contribution < 1.29 is 4.39 Å². The predicted molar refractivity (Wildman–Crippen MR) is 81.6 cm³/mol. The second-order valence-corrected chi connectivity index (χ2v) is 5.79. The van der Waals surface area contributed by atoms with Gasteiger partial charge in [-0.1, -0.05) is 6.07 Å². The van der Waals surface area contributed by atoms with E-state index >= 15 is 0 Å². The highest BCUT2D eigenvalue weighted by Gasteiger charge is 2.15. The lowest BCUT2D eigenvalue weighted by Gasteiger charge is -2.20. The van der Waals surface area contributed by atoms with Gasteiger partial charge in [-0.3, -0.25) is 9.69 Å². The molecular weight excluding hydrogens is 269 g/mol. The third-order valence-electron chi connectivity index (χ3n) is 4.13. The number of nitrogens with one attached hydrogen (secondary N) is 1. The summed E-state index contributed by atoms with van der Waals surface area (Å²) in [5, 5.41) is 0.400. The number of fused-ring (bicyclic) bond motifs is 1. The normalized spacial score (nSPS) is 20.6. The molecule has 1 aliphatic heterocycles. The first-order valence-corrected chi connectivity index (χ1v) is 7.42. The van der Waals surface area contributed by atoms with Gasteiger partial charge in [0.15, 0.2) is 5.43 Å². The lowest BCUT2D eigenvalue weighted by atomic mass is 10.1. The van der Waals surface area contributed by atoms with Crippen molar-refractivity contribution in [2.24, 2.45) is 5.73 Å². The van der Waals surface area contributed by atoms with E-state index in [1.54, 1.807) is 18.2 Å². The molecule has 1 aliphatic rings. The lowest BCUT2D eigenvalue weighted by Crippen LogP contribution is -2.27. The van der Waals surface area contributed by atoms with Crippen LogP contribution in [0.5, 0.6) is 0 Å². The van der Waals surface area contributed by atoms with Crippen molar-refractivity contribution >= 4 is 10.9 Å². The number of likely N-dealkylation sites (tertiary alicyclic amines) is 1. The highest BCUT2D eigenvalue weighted by molar-refractivity contribution is 5.78. The van der Waals surface area contributed by atoms with Crippen LogP contribution >= 0.6 is 0 Å². The Morgan fingerprint density at radius 2 is 2.19 bits per heavy atom. The fourth-order valence-corrected chi connectivity index (χ4v) is 2.95. The van der Waals surface area contributed by atoms with Gasteiger partial charge in [0.1, 0.15) is 5.82 Å². The summed E-state index contributed by atoms with van der Waals surface area (Å²) in [6.45, 7) is 2.51. The fraction of sp³-hybridized carbons (Fsp3) is 0.438. The SMILES string of the molecule is N[C@@H]1CCCN(Cc2cc(=O)c3cccc(F)c3[nH]2)CC1. The Hall–Kier alpha value is -1.72. The topological polar surface area (TPSA) is 62.1 Å². The molecule has 1 atom stereocenters. The fourth-order valence-electron chi connectivity index (χ4n) is 2.95. The van der Waals surface area contributed by atoms with E-state index in [0.29, 0.717) is 17.4 Å². The van der Waals surface area contributed by atoms with Gasteiger partial charge in [-0.2, -0.15) is 0 Å². The minimum Gasteiger partial charge on any atom is -0.355 e. The highest BCUT2D eigenvalue weighted by Crippen LogP contribution is 2.15. The molecule has 0 amide bonds. The van der Waals surface area contributed by atoms with Crippen molar-refractivity contribution in [3.8, 4) is 0 Å². The molecule has 0 aliphatic carbocycles. The highest BCUT2D eigenvalue weighted by atomic mass is 19.1. The maximum Gasteiger partial charge on any atom is 0.189 e. The third-order valence-corrected chi connectivity index (χ3v) is 4.13. The molecule has 112 valence electrons. The summed E-state index contributed by atoms with van der Waals surface area (Å²) in [5.41, 5.74) is 6.90. The van der Waals surface area contributed by atoms with Crippen molar-refractivity contribution in [2.45, 2.75) is 31.8 Å². The number of rotatable bonds is 2. The zero-order valence-electron chi connectivity index (χ0n) is 11.9. The van der Waals surface area contributed by atoms with Crippen LogP contribution < -0.4 is 11.2 Å². The molecule has 1 aromatic carbocycles.